The van der Waals surface area contributed by atoms with Crippen LogP contribution in [0.4, 0.5) is 0 Å². The second kappa shape index (κ2) is 17.0. The SMILES string of the molecule is c1cc(-c2nc(-c3ccc(-n4c5ccccc5c5ccc6c7ccccc7oc6c54)cc3)nc(-c3ccc(-n4c5ccccc5c5ccc6c7ccccc7oc6c54)cc3)n2)cc(-n2c3ccccc3c3ccc4c5ccccc5oc4c32)c1. The summed E-state index contributed by atoms with van der Waals surface area (Å²) in [6.07, 6.45) is 0. The lowest BCUT2D eigenvalue weighted by Gasteiger charge is -2.13. The van der Waals surface area contributed by atoms with Gasteiger partial charge in [-0.2, -0.15) is 0 Å². The highest BCUT2D eigenvalue weighted by Crippen LogP contribution is 2.44. The molecule has 0 spiro atoms. The van der Waals surface area contributed by atoms with Gasteiger partial charge in [-0.05, 0) is 115 Å². The van der Waals surface area contributed by atoms with Gasteiger partial charge in [-0.3, -0.25) is 0 Å². The Balaban J connectivity index is 0.793. The van der Waals surface area contributed by atoms with Crippen LogP contribution in [-0.4, -0.2) is 28.7 Å². The number of para-hydroxylation sites is 6. The molecule has 0 atom stereocenters. The molecule has 0 aliphatic carbocycles. The van der Waals surface area contributed by atoms with Crippen molar-refractivity contribution in [3.8, 4) is 51.2 Å². The highest BCUT2D eigenvalue weighted by molar-refractivity contribution is 6.24. The Kier molecular flexibility index (Phi) is 9.15. The summed E-state index contributed by atoms with van der Waals surface area (Å²) in [4.78, 5) is 16.1. The van der Waals surface area contributed by atoms with E-state index >= 15 is 0 Å². The van der Waals surface area contributed by atoms with Crippen LogP contribution in [0, 0.1) is 0 Å². The molecule has 7 aromatic heterocycles. The summed E-state index contributed by atoms with van der Waals surface area (Å²) in [6, 6.07) is 89.4. The summed E-state index contributed by atoms with van der Waals surface area (Å²) in [6.45, 7) is 0. The lowest BCUT2D eigenvalue weighted by Crippen LogP contribution is -2.02. The Morgan fingerprint density at radius 1 is 0.226 bits per heavy atom. The first-order valence-electron chi connectivity index (χ1n) is 28.2. The molecule has 9 heteroatoms. The third kappa shape index (κ3) is 6.34. The van der Waals surface area contributed by atoms with E-state index in [-0.39, 0.29) is 0 Å². The number of furan rings is 3. The first-order valence-corrected chi connectivity index (χ1v) is 28.2. The van der Waals surface area contributed by atoms with Crippen LogP contribution >= 0.6 is 0 Å². The molecule has 19 aromatic rings. The minimum absolute atomic E-state index is 0.545. The fraction of sp³-hybridized carbons (Fsp3) is 0. The number of hydrogen-bond acceptors (Lipinski definition) is 6. The van der Waals surface area contributed by atoms with Crippen LogP contribution in [0.15, 0.2) is 268 Å². The third-order valence-corrected chi connectivity index (χ3v) is 17.3. The van der Waals surface area contributed by atoms with Gasteiger partial charge in [-0.15, -0.1) is 0 Å². The molecular formula is C75H42N6O3. The molecule has 0 radical (unpaired) electrons. The van der Waals surface area contributed by atoms with Crippen LogP contribution in [0.3, 0.4) is 0 Å². The number of aromatic nitrogens is 6. The Bertz CT molecular complexity index is 5740. The van der Waals surface area contributed by atoms with Gasteiger partial charge >= 0.3 is 0 Å². The highest BCUT2D eigenvalue weighted by atomic mass is 16.3. The fourth-order valence-electron chi connectivity index (χ4n) is 13.6. The number of nitrogens with zero attached hydrogens (tertiary/aromatic N) is 6. The molecule has 19 rings (SSSR count). The Labute approximate surface area is 476 Å². The van der Waals surface area contributed by atoms with E-state index in [0.29, 0.717) is 17.5 Å². The maximum absolute atomic E-state index is 6.75. The Morgan fingerprint density at radius 2 is 0.548 bits per heavy atom. The molecule has 0 N–H and O–H groups in total. The minimum atomic E-state index is 0.545. The normalized spacial score (nSPS) is 12.3. The van der Waals surface area contributed by atoms with Gasteiger partial charge in [0.2, 0.25) is 0 Å². The van der Waals surface area contributed by atoms with E-state index in [1.165, 1.54) is 0 Å². The minimum Gasteiger partial charge on any atom is -0.454 e. The smallest absolute Gasteiger partial charge is 0.164 e. The Hall–Kier alpha value is -11.6. The molecule has 0 unspecified atom stereocenters. The zero-order valence-electron chi connectivity index (χ0n) is 44.7. The van der Waals surface area contributed by atoms with Crippen LogP contribution in [0.25, 0.3) is 182 Å². The van der Waals surface area contributed by atoms with Crippen LogP contribution in [0.2, 0.25) is 0 Å². The van der Waals surface area contributed by atoms with E-state index < -0.39 is 0 Å². The summed E-state index contributed by atoms with van der Waals surface area (Å²) in [5.74, 6) is 1.64. The number of benzene rings is 12. The van der Waals surface area contributed by atoms with Crippen molar-refractivity contribution in [1.29, 1.82) is 0 Å². The van der Waals surface area contributed by atoms with Crippen molar-refractivity contribution in [2.45, 2.75) is 0 Å². The summed E-state index contributed by atoms with van der Waals surface area (Å²) in [5, 5.41) is 13.3. The monoisotopic (exact) mass is 1070 g/mol. The molecule has 7 heterocycles. The van der Waals surface area contributed by atoms with Crippen molar-refractivity contribution in [1.82, 2.24) is 28.7 Å². The van der Waals surface area contributed by atoms with Crippen molar-refractivity contribution < 1.29 is 13.3 Å². The predicted octanol–water partition coefficient (Wildman–Crippen LogP) is 19.9. The summed E-state index contributed by atoms with van der Waals surface area (Å²) in [5.41, 5.74) is 16.9. The average molecular weight is 1080 g/mol. The maximum Gasteiger partial charge on any atom is 0.164 e. The van der Waals surface area contributed by atoms with Crippen molar-refractivity contribution in [3.63, 3.8) is 0 Å². The van der Waals surface area contributed by atoms with Crippen LogP contribution < -0.4 is 0 Å². The molecule has 390 valence electrons. The van der Waals surface area contributed by atoms with Gasteiger partial charge in [0.25, 0.3) is 0 Å². The molecule has 9 nitrogen and oxygen atoms in total. The maximum atomic E-state index is 6.75. The van der Waals surface area contributed by atoms with Crippen molar-refractivity contribution in [2.24, 2.45) is 0 Å². The largest absolute Gasteiger partial charge is 0.454 e. The molecule has 0 fully saturated rings. The van der Waals surface area contributed by atoms with Gasteiger partial charge in [-0.25, -0.2) is 15.0 Å². The predicted molar refractivity (Wildman–Crippen MR) is 341 cm³/mol. The van der Waals surface area contributed by atoms with Gasteiger partial charge in [0, 0.05) is 98.4 Å². The van der Waals surface area contributed by atoms with E-state index in [9.17, 15) is 0 Å². The van der Waals surface area contributed by atoms with Crippen molar-refractivity contribution in [2.75, 3.05) is 0 Å². The molecule has 0 aliphatic heterocycles. The lowest BCUT2D eigenvalue weighted by atomic mass is 10.1. The summed E-state index contributed by atoms with van der Waals surface area (Å²) in [7, 11) is 0. The van der Waals surface area contributed by atoms with Gasteiger partial charge in [-0.1, -0.05) is 140 Å². The topological polar surface area (TPSA) is 92.9 Å². The van der Waals surface area contributed by atoms with Crippen molar-refractivity contribution >= 4 is 131 Å². The second-order valence-electron chi connectivity index (χ2n) is 21.8. The van der Waals surface area contributed by atoms with E-state index in [2.05, 4.69) is 232 Å². The number of rotatable bonds is 6. The zero-order chi connectivity index (χ0) is 54.7. The molecular weight excluding hydrogens is 1030 g/mol. The highest BCUT2D eigenvalue weighted by Gasteiger charge is 2.24. The number of hydrogen-bond donors (Lipinski definition) is 0. The molecule has 12 aromatic carbocycles. The number of fused-ring (bicyclic) bond motifs is 21. The molecule has 0 saturated heterocycles. The van der Waals surface area contributed by atoms with Crippen LogP contribution in [-0.2, 0) is 0 Å². The van der Waals surface area contributed by atoms with E-state index in [1.807, 2.05) is 36.4 Å². The van der Waals surface area contributed by atoms with E-state index in [4.69, 9.17) is 28.2 Å². The molecule has 0 aliphatic rings. The summed E-state index contributed by atoms with van der Waals surface area (Å²) >= 11 is 0. The quantitative estimate of drug-likeness (QED) is 0.165. The van der Waals surface area contributed by atoms with E-state index in [0.717, 1.165) is 165 Å². The molecule has 0 bridgehead atoms. The van der Waals surface area contributed by atoms with Gasteiger partial charge in [0.15, 0.2) is 34.2 Å². The average Bonchev–Trinajstić information content (AvgIpc) is 2.43. The van der Waals surface area contributed by atoms with Crippen LogP contribution in [0.5, 0.6) is 0 Å². The van der Waals surface area contributed by atoms with Crippen molar-refractivity contribution in [3.05, 3.63) is 255 Å². The van der Waals surface area contributed by atoms with Gasteiger partial charge in [0.05, 0.1) is 33.1 Å². The molecule has 0 saturated carbocycles. The second-order valence-corrected chi connectivity index (χ2v) is 21.8. The zero-order valence-corrected chi connectivity index (χ0v) is 44.7. The fourth-order valence-corrected chi connectivity index (χ4v) is 13.6. The lowest BCUT2D eigenvalue weighted by molar-refractivity contribution is 0.670. The molecule has 0 amide bonds. The molecule has 84 heavy (non-hydrogen) atoms. The van der Waals surface area contributed by atoms with E-state index in [1.54, 1.807) is 0 Å². The standard InChI is InChI=1S/C75H42N6O3/c1-7-22-61-49(16-1)55-36-39-58-52-19-4-10-25-64(52)82-70(58)67(55)79(61)46-32-28-43(29-33-46)73-76-74(44-30-34-47(35-31-44)80-62-23-8-2-17-50(62)56-37-40-59-53-20-5-11-26-65(53)83-71(59)68(56)80)78-75(77-73)45-14-13-15-48(42-45)81-63-24-9-3-18-51(63)57-38-41-60-54-21-6-12-27-66(54)84-72(60)69(57)81/h1-42H. The third-order valence-electron chi connectivity index (χ3n) is 17.3. The summed E-state index contributed by atoms with van der Waals surface area (Å²) < 4.78 is 27.1. The first-order chi connectivity index (χ1) is 41.6. The van der Waals surface area contributed by atoms with Gasteiger partial charge < -0.3 is 27.0 Å². The van der Waals surface area contributed by atoms with Crippen LogP contribution in [0.1, 0.15) is 0 Å². The van der Waals surface area contributed by atoms with Gasteiger partial charge in [0.1, 0.15) is 16.7 Å². The Morgan fingerprint density at radius 3 is 0.940 bits per heavy atom. The first kappa shape index (κ1) is 45.2.